The number of hydrogen-bond acceptors (Lipinski definition) is 4. The lowest BCUT2D eigenvalue weighted by Gasteiger charge is -2.25. The first-order valence-corrected chi connectivity index (χ1v) is 7.83. The van der Waals surface area contributed by atoms with E-state index < -0.39 is 17.8 Å². The number of hydrogen-bond donors (Lipinski definition) is 2. The summed E-state index contributed by atoms with van der Waals surface area (Å²) in [6.07, 6.45) is -0.0856. The number of nitrogens with one attached hydrogen (secondary N) is 2. The second-order valence-corrected chi connectivity index (χ2v) is 6.10. The maximum Gasteiger partial charge on any atom is 0.336 e. The van der Waals surface area contributed by atoms with Crippen LogP contribution in [0.4, 0.5) is 5.69 Å². The number of rotatable bonds is 4. The fourth-order valence-corrected chi connectivity index (χ4v) is 2.69. The van der Waals surface area contributed by atoms with Crippen LogP contribution in [0.25, 0.3) is 0 Å². The maximum atomic E-state index is 12.6. The van der Waals surface area contributed by atoms with Gasteiger partial charge >= 0.3 is 5.97 Å². The SMILES string of the molecule is COC(=O)C1=C(C)NC(=O)C[C@@H]1C(=O)Nc1ccc(C(C)C)cc1. The minimum atomic E-state index is -0.865. The van der Waals surface area contributed by atoms with Crippen molar-refractivity contribution in [3.8, 4) is 0 Å². The second kappa shape index (κ2) is 7.29. The van der Waals surface area contributed by atoms with Gasteiger partial charge in [-0.3, -0.25) is 9.59 Å². The third-order valence-electron chi connectivity index (χ3n) is 4.04. The molecule has 1 atom stereocenters. The third-order valence-corrected chi connectivity index (χ3v) is 4.04. The third kappa shape index (κ3) is 3.82. The monoisotopic (exact) mass is 330 g/mol. The average Bonchev–Trinajstić information content (AvgIpc) is 2.53. The summed E-state index contributed by atoms with van der Waals surface area (Å²) in [5, 5.41) is 5.34. The van der Waals surface area contributed by atoms with Crippen molar-refractivity contribution in [2.75, 3.05) is 12.4 Å². The quantitative estimate of drug-likeness (QED) is 0.830. The highest BCUT2D eigenvalue weighted by Crippen LogP contribution is 2.26. The van der Waals surface area contributed by atoms with Crippen LogP contribution < -0.4 is 10.6 Å². The molecule has 0 radical (unpaired) electrons. The Bertz CT molecular complexity index is 689. The van der Waals surface area contributed by atoms with Crippen LogP contribution in [-0.4, -0.2) is 24.9 Å². The Hall–Kier alpha value is -2.63. The molecule has 1 aromatic carbocycles. The van der Waals surface area contributed by atoms with Gasteiger partial charge in [-0.1, -0.05) is 26.0 Å². The highest BCUT2D eigenvalue weighted by molar-refractivity contribution is 6.06. The van der Waals surface area contributed by atoms with Gasteiger partial charge in [0.15, 0.2) is 0 Å². The molecule has 24 heavy (non-hydrogen) atoms. The van der Waals surface area contributed by atoms with Crippen molar-refractivity contribution in [3.63, 3.8) is 0 Å². The van der Waals surface area contributed by atoms with Gasteiger partial charge in [0.05, 0.1) is 18.6 Å². The van der Waals surface area contributed by atoms with Crippen LogP contribution in [0.5, 0.6) is 0 Å². The Labute approximate surface area is 141 Å². The van der Waals surface area contributed by atoms with E-state index in [1.165, 1.54) is 7.11 Å². The molecule has 1 aliphatic heterocycles. The minimum Gasteiger partial charge on any atom is -0.466 e. The fraction of sp³-hybridized carbons (Fsp3) is 0.389. The van der Waals surface area contributed by atoms with Crippen molar-refractivity contribution in [1.82, 2.24) is 5.32 Å². The van der Waals surface area contributed by atoms with E-state index in [1.807, 2.05) is 24.3 Å². The zero-order valence-electron chi connectivity index (χ0n) is 14.3. The molecule has 6 nitrogen and oxygen atoms in total. The molecule has 0 saturated carbocycles. The Kier molecular flexibility index (Phi) is 5.39. The molecule has 1 aromatic rings. The molecular weight excluding hydrogens is 308 g/mol. The predicted octanol–water partition coefficient (Wildman–Crippen LogP) is 2.33. The summed E-state index contributed by atoms with van der Waals surface area (Å²) in [5.41, 5.74) is 2.33. The van der Waals surface area contributed by atoms with E-state index in [2.05, 4.69) is 24.5 Å². The summed E-state index contributed by atoms with van der Waals surface area (Å²) in [7, 11) is 1.25. The van der Waals surface area contributed by atoms with Crippen molar-refractivity contribution < 1.29 is 19.1 Å². The van der Waals surface area contributed by atoms with Crippen molar-refractivity contribution in [1.29, 1.82) is 0 Å². The van der Waals surface area contributed by atoms with Crippen LogP contribution in [0.3, 0.4) is 0 Å². The van der Waals surface area contributed by atoms with Gasteiger partial charge in [0.2, 0.25) is 11.8 Å². The van der Waals surface area contributed by atoms with Crippen LogP contribution in [0.1, 0.15) is 38.7 Å². The van der Waals surface area contributed by atoms with Crippen molar-refractivity contribution >= 4 is 23.5 Å². The van der Waals surface area contributed by atoms with E-state index in [-0.39, 0.29) is 17.9 Å². The lowest BCUT2D eigenvalue weighted by molar-refractivity contribution is -0.139. The number of methoxy groups -OCH3 is 1. The van der Waals surface area contributed by atoms with Crippen LogP contribution in [0.15, 0.2) is 35.5 Å². The fourth-order valence-electron chi connectivity index (χ4n) is 2.69. The minimum absolute atomic E-state index is 0.0856. The molecule has 0 saturated heterocycles. The maximum absolute atomic E-state index is 12.6. The lowest BCUT2D eigenvalue weighted by atomic mass is 9.89. The van der Waals surface area contributed by atoms with Gasteiger partial charge in [0.1, 0.15) is 0 Å². The number of allylic oxidation sites excluding steroid dienone is 1. The van der Waals surface area contributed by atoms with Gasteiger partial charge in [-0.25, -0.2) is 4.79 Å². The molecule has 0 aromatic heterocycles. The smallest absolute Gasteiger partial charge is 0.336 e. The van der Waals surface area contributed by atoms with Crippen molar-refractivity contribution in [2.45, 2.75) is 33.1 Å². The highest BCUT2D eigenvalue weighted by Gasteiger charge is 2.36. The molecule has 2 amide bonds. The summed E-state index contributed by atoms with van der Waals surface area (Å²) in [4.78, 5) is 36.3. The van der Waals surface area contributed by atoms with Gasteiger partial charge in [-0.15, -0.1) is 0 Å². The molecule has 2 N–H and O–H groups in total. The summed E-state index contributed by atoms with van der Waals surface area (Å²) in [6, 6.07) is 7.50. The zero-order valence-corrected chi connectivity index (χ0v) is 14.3. The first kappa shape index (κ1) is 17.7. The summed E-state index contributed by atoms with van der Waals surface area (Å²) in [6.45, 7) is 5.76. The lowest BCUT2D eigenvalue weighted by Crippen LogP contribution is -2.40. The number of anilines is 1. The predicted molar refractivity (Wildman–Crippen MR) is 90.1 cm³/mol. The van der Waals surface area contributed by atoms with Crippen LogP contribution >= 0.6 is 0 Å². The number of carbonyl (C=O) groups excluding carboxylic acids is 3. The number of benzene rings is 1. The molecule has 1 heterocycles. The Balaban J connectivity index is 2.21. The van der Waals surface area contributed by atoms with Crippen LogP contribution in [-0.2, 0) is 19.1 Å². The van der Waals surface area contributed by atoms with Gasteiger partial charge < -0.3 is 15.4 Å². The van der Waals surface area contributed by atoms with E-state index in [0.29, 0.717) is 17.3 Å². The molecule has 2 rings (SSSR count). The number of ether oxygens (including phenoxy) is 1. The Morgan fingerprint density at radius 1 is 1.25 bits per heavy atom. The molecule has 128 valence electrons. The second-order valence-electron chi connectivity index (χ2n) is 6.10. The Morgan fingerprint density at radius 3 is 2.42 bits per heavy atom. The van der Waals surface area contributed by atoms with Gasteiger partial charge in [-0.2, -0.15) is 0 Å². The summed E-state index contributed by atoms with van der Waals surface area (Å²) >= 11 is 0. The molecular formula is C18H22N2O4. The molecule has 0 unspecified atom stereocenters. The van der Waals surface area contributed by atoms with Gasteiger partial charge in [0.25, 0.3) is 0 Å². The molecule has 0 bridgehead atoms. The molecule has 6 heteroatoms. The van der Waals surface area contributed by atoms with Crippen molar-refractivity contribution in [2.24, 2.45) is 5.92 Å². The van der Waals surface area contributed by atoms with E-state index >= 15 is 0 Å². The van der Waals surface area contributed by atoms with E-state index in [0.717, 1.165) is 5.56 Å². The van der Waals surface area contributed by atoms with Gasteiger partial charge in [-0.05, 0) is 30.5 Å². The highest BCUT2D eigenvalue weighted by atomic mass is 16.5. The topological polar surface area (TPSA) is 84.5 Å². The first-order valence-electron chi connectivity index (χ1n) is 7.83. The summed E-state index contributed by atoms with van der Waals surface area (Å²) in [5.74, 6) is -1.77. The molecule has 0 aliphatic carbocycles. The standard InChI is InChI=1S/C18H22N2O4/c1-10(2)12-5-7-13(8-6-12)20-17(22)14-9-15(21)19-11(3)16(14)18(23)24-4/h5-8,10,14H,9H2,1-4H3,(H,19,21)(H,20,22)/t14-/m0/s1. The van der Waals surface area contributed by atoms with Gasteiger partial charge in [0, 0.05) is 17.8 Å². The summed E-state index contributed by atoms with van der Waals surface area (Å²) < 4.78 is 4.74. The number of amides is 2. The normalized spacial score (nSPS) is 17.5. The molecule has 1 aliphatic rings. The van der Waals surface area contributed by atoms with Crippen LogP contribution in [0, 0.1) is 5.92 Å². The van der Waals surface area contributed by atoms with E-state index in [4.69, 9.17) is 4.74 Å². The number of esters is 1. The van der Waals surface area contributed by atoms with E-state index in [9.17, 15) is 14.4 Å². The molecule has 0 spiro atoms. The number of carbonyl (C=O) groups is 3. The molecule has 0 fully saturated rings. The average molecular weight is 330 g/mol. The Morgan fingerprint density at radius 2 is 1.88 bits per heavy atom. The first-order chi connectivity index (χ1) is 11.3. The zero-order chi connectivity index (χ0) is 17.9. The van der Waals surface area contributed by atoms with E-state index in [1.54, 1.807) is 6.92 Å². The van der Waals surface area contributed by atoms with Crippen LogP contribution in [0.2, 0.25) is 0 Å². The largest absolute Gasteiger partial charge is 0.466 e. The van der Waals surface area contributed by atoms with Crippen molar-refractivity contribution in [3.05, 3.63) is 41.1 Å².